The van der Waals surface area contributed by atoms with Gasteiger partial charge in [-0.1, -0.05) is 0 Å². The largest absolute Gasteiger partial charge is 0.398 e. The van der Waals surface area contributed by atoms with Crippen molar-refractivity contribution in [1.29, 1.82) is 0 Å². The lowest BCUT2D eigenvalue weighted by Gasteiger charge is -2.01. The molecule has 0 saturated carbocycles. The predicted molar refractivity (Wildman–Crippen MR) is 46.5 cm³/mol. The summed E-state index contributed by atoms with van der Waals surface area (Å²) in [6.07, 6.45) is 2.55. The van der Waals surface area contributed by atoms with E-state index in [1.165, 1.54) is 12.3 Å². The molecule has 66 valence electrons. The second-order valence-corrected chi connectivity index (χ2v) is 4.61. The first-order valence-electron chi connectivity index (χ1n) is 3.33. The fourth-order valence-corrected chi connectivity index (χ4v) is 1.31. The van der Waals surface area contributed by atoms with Crippen molar-refractivity contribution in [3.05, 3.63) is 17.8 Å². The SMILES string of the molecule is Cc1cnc(S(C)(=O)=O)cc1N. The fraction of sp³-hybridized carbons (Fsp3) is 0.286. The summed E-state index contributed by atoms with van der Waals surface area (Å²) in [6.45, 7) is 1.77. The average molecular weight is 186 g/mol. The third-order valence-electron chi connectivity index (χ3n) is 1.50. The first-order valence-corrected chi connectivity index (χ1v) is 5.22. The molecule has 1 aromatic rings. The smallest absolute Gasteiger partial charge is 0.192 e. The molecule has 0 amide bonds. The summed E-state index contributed by atoms with van der Waals surface area (Å²) in [5.74, 6) is 0. The van der Waals surface area contributed by atoms with Crippen LogP contribution >= 0.6 is 0 Å². The molecule has 0 fully saturated rings. The summed E-state index contributed by atoms with van der Waals surface area (Å²) in [5.41, 5.74) is 6.74. The first kappa shape index (κ1) is 8.99. The number of hydrogen-bond donors (Lipinski definition) is 1. The van der Waals surface area contributed by atoms with Gasteiger partial charge >= 0.3 is 0 Å². The van der Waals surface area contributed by atoms with Gasteiger partial charge in [0.1, 0.15) is 0 Å². The molecule has 0 bridgehead atoms. The number of aryl methyl sites for hydroxylation is 1. The van der Waals surface area contributed by atoms with E-state index in [4.69, 9.17) is 5.73 Å². The Balaban J connectivity index is 3.33. The number of nitrogen functional groups attached to an aromatic ring is 1. The second kappa shape index (κ2) is 2.75. The lowest BCUT2D eigenvalue weighted by molar-refractivity contribution is 0.598. The van der Waals surface area contributed by atoms with Gasteiger partial charge in [-0.15, -0.1) is 0 Å². The van der Waals surface area contributed by atoms with Crippen LogP contribution in [0.5, 0.6) is 0 Å². The standard InChI is InChI=1S/C7H10N2O2S/c1-5-4-9-7(3-6(5)8)12(2,10)11/h3-4H,1-2H3,(H2,8,9). The highest BCUT2D eigenvalue weighted by Crippen LogP contribution is 2.13. The van der Waals surface area contributed by atoms with E-state index in [2.05, 4.69) is 4.98 Å². The van der Waals surface area contributed by atoms with Gasteiger partial charge in [-0.2, -0.15) is 0 Å². The van der Waals surface area contributed by atoms with Crippen molar-refractivity contribution in [2.24, 2.45) is 0 Å². The normalized spacial score (nSPS) is 11.5. The highest BCUT2D eigenvalue weighted by atomic mass is 32.2. The highest BCUT2D eigenvalue weighted by Gasteiger charge is 2.09. The first-order chi connectivity index (χ1) is 5.41. The molecule has 1 heterocycles. The van der Waals surface area contributed by atoms with E-state index in [1.54, 1.807) is 6.92 Å². The van der Waals surface area contributed by atoms with E-state index in [0.29, 0.717) is 5.69 Å². The zero-order chi connectivity index (χ0) is 9.35. The molecule has 2 N–H and O–H groups in total. The number of nitrogens with zero attached hydrogens (tertiary/aromatic N) is 1. The van der Waals surface area contributed by atoms with Crippen LogP contribution in [0.4, 0.5) is 5.69 Å². The van der Waals surface area contributed by atoms with Crippen molar-refractivity contribution in [3.63, 3.8) is 0 Å². The van der Waals surface area contributed by atoms with Gasteiger partial charge in [0.05, 0.1) is 0 Å². The maximum absolute atomic E-state index is 11.0. The Hall–Kier alpha value is -1.10. The van der Waals surface area contributed by atoms with Gasteiger partial charge in [0, 0.05) is 18.1 Å². The third kappa shape index (κ3) is 1.73. The lowest BCUT2D eigenvalue weighted by atomic mass is 10.3. The topological polar surface area (TPSA) is 73.0 Å². The number of aromatic nitrogens is 1. The Bertz CT molecular complexity index is 398. The van der Waals surface area contributed by atoms with Crippen molar-refractivity contribution in [2.45, 2.75) is 11.9 Å². The third-order valence-corrected chi connectivity index (χ3v) is 2.48. The quantitative estimate of drug-likeness (QED) is 0.688. The van der Waals surface area contributed by atoms with Crippen molar-refractivity contribution in [3.8, 4) is 0 Å². The maximum Gasteiger partial charge on any atom is 0.192 e. The molecule has 4 nitrogen and oxygen atoms in total. The van der Waals surface area contributed by atoms with Crippen LogP contribution in [-0.2, 0) is 9.84 Å². The van der Waals surface area contributed by atoms with Crippen LogP contribution in [0.15, 0.2) is 17.3 Å². The molecule has 0 radical (unpaired) electrons. The molecule has 0 saturated heterocycles. The molecule has 1 rings (SSSR count). The van der Waals surface area contributed by atoms with E-state index in [1.807, 2.05) is 0 Å². The number of rotatable bonds is 1. The Morgan fingerprint density at radius 1 is 1.50 bits per heavy atom. The summed E-state index contributed by atoms with van der Waals surface area (Å²) in [6, 6.07) is 1.37. The summed E-state index contributed by atoms with van der Waals surface area (Å²) >= 11 is 0. The minimum absolute atomic E-state index is 0.0191. The minimum Gasteiger partial charge on any atom is -0.398 e. The number of anilines is 1. The van der Waals surface area contributed by atoms with Crippen LogP contribution in [0.2, 0.25) is 0 Å². The molecule has 5 heteroatoms. The molecule has 0 aliphatic heterocycles. The van der Waals surface area contributed by atoms with Crippen molar-refractivity contribution >= 4 is 15.5 Å². The summed E-state index contributed by atoms with van der Waals surface area (Å²) < 4.78 is 22.0. The van der Waals surface area contributed by atoms with Gasteiger partial charge in [0.15, 0.2) is 14.9 Å². The monoisotopic (exact) mass is 186 g/mol. The highest BCUT2D eigenvalue weighted by molar-refractivity contribution is 7.90. The predicted octanol–water partition coefficient (Wildman–Crippen LogP) is 0.376. The lowest BCUT2D eigenvalue weighted by Crippen LogP contribution is -2.02. The minimum atomic E-state index is -3.23. The molecule has 0 aromatic carbocycles. The summed E-state index contributed by atoms with van der Waals surface area (Å²) in [7, 11) is -3.23. The average Bonchev–Trinajstić information content (AvgIpc) is 1.92. The molecule has 0 unspecified atom stereocenters. The van der Waals surface area contributed by atoms with Crippen LogP contribution in [0.25, 0.3) is 0 Å². The molecule has 0 atom stereocenters. The maximum atomic E-state index is 11.0. The number of hydrogen-bond acceptors (Lipinski definition) is 4. The van der Waals surface area contributed by atoms with Crippen LogP contribution in [0.1, 0.15) is 5.56 Å². The summed E-state index contributed by atoms with van der Waals surface area (Å²) in [4.78, 5) is 3.74. The van der Waals surface area contributed by atoms with E-state index < -0.39 is 9.84 Å². The Kier molecular flexibility index (Phi) is 2.06. The number of nitrogens with two attached hydrogens (primary N) is 1. The van der Waals surface area contributed by atoms with E-state index >= 15 is 0 Å². The molecule has 0 spiro atoms. The van der Waals surface area contributed by atoms with Crippen molar-refractivity contribution in [2.75, 3.05) is 12.0 Å². The molecule has 12 heavy (non-hydrogen) atoms. The zero-order valence-corrected chi connectivity index (χ0v) is 7.72. The van der Waals surface area contributed by atoms with Crippen LogP contribution in [0, 0.1) is 6.92 Å². The molecular weight excluding hydrogens is 176 g/mol. The second-order valence-electron chi connectivity index (χ2n) is 2.65. The Morgan fingerprint density at radius 2 is 2.08 bits per heavy atom. The van der Waals surface area contributed by atoms with Gasteiger partial charge in [0.2, 0.25) is 0 Å². The molecular formula is C7H10N2O2S. The Morgan fingerprint density at radius 3 is 2.50 bits per heavy atom. The van der Waals surface area contributed by atoms with Gasteiger partial charge in [0.25, 0.3) is 0 Å². The molecule has 1 aromatic heterocycles. The van der Waals surface area contributed by atoms with Crippen molar-refractivity contribution < 1.29 is 8.42 Å². The van der Waals surface area contributed by atoms with Gasteiger partial charge in [-0.05, 0) is 18.6 Å². The molecule has 0 aliphatic carbocycles. The number of sulfone groups is 1. The fourth-order valence-electron chi connectivity index (χ4n) is 0.722. The summed E-state index contributed by atoms with van der Waals surface area (Å²) in [5, 5.41) is 0.0191. The van der Waals surface area contributed by atoms with Gasteiger partial charge in [-0.25, -0.2) is 13.4 Å². The van der Waals surface area contributed by atoms with Gasteiger partial charge in [-0.3, -0.25) is 0 Å². The number of pyridine rings is 1. The van der Waals surface area contributed by atoms with E-state index in [0.717, 1.165) is 11.8 Å². The van der Waals surface area contributed by atoms with Gasteiger partial charge < -0.3 is 5.73 Å². The van der Waals surface area contributed by atoms with Crippen LogP contribution < -0.4 is 5.73 Å². The van der Waals surface area contributed by atoms with E-state index in [9.17, 15) is 8.42 Å². The van der Waals surface area contributed by atoms with Crippen molar-refractivity contribution in [1.82, 2.24) is 4.98 Å². The Labute approximate surface area is 71.3 Å². The van der Waals surface area contributed by atoms with Crippen LogP contribution in [-0.4, -0.2) is 19.7 Å². The van der Waals surface area contributed by atoms with E-state index in [-0.39, 0.29) is 5.03 Å². The molecule has 0 aliphatic rings. The van der Waals surface area contributed by atoms with Crippen LogP contribution in [0.3, 0.4) is 0 Å². The zero-order valence-electron chi connectivity index (χ0n) is 6.90.